The summed E-state index contributed by atoms with van der Waals surface area (Å²) in [6, 6.07) is 22.6. The van der Waals surface area contributed by atoms with Gasteiger partial charge in [-0.2, -0.15) is 0 Å². The van der Waals surface area contributed by atoms with Crippen molar-refractivity contribution in [2.45, 2.75) is 24.7 Å². The second-order valence-electron chi connectivity index (χ2n) is 8.63. The molecule has 0 aliphatic carbocycles. The number of sulfonamides is 1. The molecule has 34 heavy (non-hydrogen) atoms. The Labute approximate surface area is 200 Å². The molecule has 0 spiro atoms. The SMILES string of the molecule is Cc1ccc(S(=O)(=O)N(C)c2ccc(C(=O)N3CCC(C(=O)c4ccccc4)CC3)cc2)cc1. The number of carbonyl (C=O) groups excluding carboxylic acids is 2. The number of piperidine rings is 1. The fraction of sp³-hybridized carbons (Fsp3) is 0.259. The Kier molecular flexibility index (Phi) is 6.84. The number of hydrogen-bond donors (Lipinski definition) is 0. The third-order valence-corrected chi connectivity index (χ3v) is 8.17. The lowest BCUT2D eigenvalue weighted by Crippen LogP contribution is -2.40. The highest BCUT2D eigenvalue weighted by Gasteiger charge is 2.28. The van der Waals surface area contributed by atoms with E-state index in [0.717, 1.165) is 5.56 Å². The zero-order valence-corrected chi connectivity index (χ0v) is 20.2. The van der Waals surface area contributed by atoms with Gasteiger partial charge in [0.2, 0.25) is 0 Å². The molecule has 3 aromatic rings. The number of ketones is 1. The summed E-state index contributed by atoms with van der Waals surface area (Å²) >= 11 is 0. The summed E-state index contributed by atoms with van der Waals surface area (Å²) in [5, 5.41) is 0. The quantitative estimate of drug-likeness (QED) is 0.489. The van der Waals surface area contributed by atoms with Gasteiger partial charge in [0.15, 0.2) is 5.78 Å². The van der Waals surface area contributed by atoms with E-state index in [1.54, 1.807) is 53.4 Å². The molecule has 0 radical (unpaired) electrons. The number of benzene rings is 3. The van der Waals surface area contributed by atoms with Gasteiger partial charge in [-0.15, -0.1) is 0 Å². The van der Waals surface area contributed by atoms with E-state index in [-0.39, 0.29) is 22.5 Å². The molecule has 7 heteroatoms. The molecule has 0 N–H and O–H groups in total. The number of likely N-dealkylation sites (tertiary alicyclic amines) is 1. The van der Waals surface area contributed by atoms with E-state index in [1.165, 1.54) is 11.4 Å². The standard InChI is InChI=1S/C27H28N2O4S/c1-20-8-14-25(15-9-20)34(32,33)28(2)24-12-10-23(11-13-24)27(31)29-18-16-22(17-19-29)26(30)21-6-4-3-5-7-21/h3-15,22H,16-19H2,1-2H3. The van der Waals surface area contributed by atoms with Crippen LogP contribution >= 0.6 is 0 Å². The van der Waals surface area contributed by atoms with E-state index in [4.69, 9.17) is 0 Å². The number of carbonyl (C=O) groups is 2. The van der Waals surface area contributed by atoms with E-state index in [2.05, 4.69) is 0 Å². The Bertz CT molecular complexity index is 1260. The predicted octanol–water partition coefficient (Wildman–Crippen LogP) is 4.56. The molecule has 1 aliphatic rings. The first-order valence-electron chi connectivity index (χ1n) is 11.3. The van der Waals surface area contributed by atoms with E-state index in [0.29, 0.717) is 42.7 Å². The molecule has 4 rings (SSSR count). The van der Waals surface area contributed by atoms with Gasteiger partial charge < -0.3 is 4.90 Å². The normalized spacial score (nSPS) is 14.6. The van der Waals surface area contributed by atoms with Gasteiger partial charge in [0.1, 0.15) is 0 Å². The summed E-state index contributed by atoms with van der Waals surface area (Å²) in [5.41, 5.74) is 2.67. The summed E-state index contributed by atoms with van der Waals surface area (Å²) in [6.07, 6.45) is 1.27. The number of amides is 1. The molecule has 1 saturated heterocycles. The molecule has 1 amide bonds. The second kappa shape index (κ2) is 9.81. The fourth-order valence-electron chi connectivity index (χ4n) is 4.19. The van der Waals surface area contributed by atoms with Crippen molar-refractivity contribution >= 4 is 27.4 Å². The summed E-state index contributed by atoms with van der Waals surface area (Å²) in [5.74, 6) is -0.0504. The highest BCUT2D eigenvalue weighted by atomic mass is 32.2. The van der Waals surface area contributed by atoms with Crippen molar-refractivity contribution in [1.29, 1.82) is 0 Å². The largest absolute Gasteiger partial charge is 0.339 e. The molecule has 0 saturated carbocycles. The number of aryl methyl sites for hydroxylation is 1. The van der Waals surface area contributed by atoms with Crippen LogP contribution in [-0.4, -0.2) is 45.1 Å². The van der Waals surface area contributed by atoms with Crippen LogP contribution in [0.2, 0.25) is 0 Å². The van der Waals surface area contributed by atoms with E-state index in [1.807, 2.05) is 37.3 Å². The van der Waals surface area contributed by atoms with Crippen LogP contribution in [0, 0.1) is 12.8 Å². The molecule has 0 bridgehead atoms. The molecule has 6 nitrogen and oxygen atoms in total. The maximum Gasteiger partial charge on any atom is 0.264 e. The van der Waals surface area contributed by atoms with Gasteiger partial charge >= 0.3 is 0 Å². The lowest BCUT2D eigenvalue weighted by molar-refractivity contribution is 0.0650. The van der Waals surface area contributed by atoms with Crippen molar-refractivity contribution in [2.75, 3.05) is 24.4 Å². The number of hydrogen-bond acceptors (Lipinski definition) is 4. The van der Waals surface area contributed by atoms with Gasteiger partial charge in [-0.25, -0.2) is 8.42 Å². The Morgan fingerprint density at radius 3 is 2.00 bits per heavy atom. The van der Waals surface area contributed by atoms with Crippen molar-refractivity contribution in [3.63, 3.8) is 0 Å². The van der Waals surface area contributed by atoms with Crippen LogP contribution in [-0.2, 0) is 10.0 Å². The first kappa shape index (κ1) is 23.7. The van der Waals surface area contributed by atoms with Gasteiger partial charge in [0.05, 0.1) is 10.6 Å². The molecule has 0 unspecified atom stereocenters. The maximum atomic E-state index is 13.0. The highest BCUT2D eigenvalue weighted by Crippen LogP contribution is 2.25. The molecule has 1 fully saturated rings. The highest BCUT2D eigenvalue weighted by molar-refractivity contribution is 7.92. The van der Waals surface area contributed by atoms with Crippen molar-refractivity contribution in [3.8, 4) is 0 Å². The second-order valence-corrected chi connectivity index (χ2v) is 10.6. The van der Waals surface area contributed by atoms with E-state index in [9.17, 15) is 18.0 Å². The first-order valence-corrected chi connectivity index (χ1v) is 12.8. The first-order chi connectivity index (χ1) is 16.3. The number of Topliss-reactive ketones (excluding diaryl/α,β-unsaturated/α-hetero) is 1. The van der Waals surface area contributed by atoms with Crippen molar-refractivity contribution < 1.29 is 18.0 Å². The van der Waals surface area contributed by atoms with Crippen LogP contribution in [0.15, 0.2) is 83.8 Å². The lowest BCUT2D eigenvalue weighted by atomic mass is 9.88. The summed E-state index contributed by atoms with van der Waals surface area (Å²) in [6.45, 7) is 2.94. The Morgan fingerprint density at radius 2 is 1.41 bits per heavy atom. The maximum absolute atomic E-state index is 13.0. The Balaban J connectivity index is 1.40. The van der Waals surface area contributed by atoms with Gasteiger partial charge in [-0.05, 0) is 56.2 Å². The number of nitrogens with zero attached hydrogens (tertiary/aromatic N) is 2. The summed E-state index contributed by atoms with van der Waals surface area (Å²) < 4.78 is 27.1. The zero-order chi connectivity index (χ0) is 24.3. The van der Waals surface area contributed by atoms with Gasteiger partial charge in [0, 0.05) is 37.2 Å². The molecule has 0 atom stereocenters. The summed E-state index contributed by atoms with van der Waals surface area (Å²) in [7, 11) is -2.19. The van der Waals surface area contributed by atoms with Crippen molar-refractivity contribution in [3.05, 3.63) is 95.6 Å². The minimum atomic E-state index is -3.69. The average Bonchev–Trinajstić information content (AvgIpc) is 2.88. The molecule has 176 valence electrons. The van der Waals surface area contributed by atoms with Gasteiger partial charge in [0.25, 0.3) is 15.9 Å². The van der Waals surface area contributed by atoms with Gasteiger partial charge in [-0.1, -0.05) is 48.0 Å². The molecule has 1 heterocycles. The van der Waals surface area contributed by atoms with Crippen LogP contribution in [0.25, 0.3) is 0 Å². The van der Waals surface area contributed by atoms with Crippen molar-refractivity contribution in [1.82, 2.24) is 4.90 Å². The minimum absolute atomic E-state index is 0.0746. The van der Waals surface area contributed by atoms with Crippen LogP contribution in [0.5, 0.6) is 0 Å². The molecule has 3 aromatic carbocycles. The molecular weight excluding hydrogens is 448 g/mol. The minimum Gasteiger partial charge on any atom is -0.339 e. The zero-order valence-electron chi connectivity index (χ0n) is 19.3. The van der Waals surface area contributed by atoms with Crippen LogP contribution in [0.4, 0.5) is 5.69 Å². The van der Waals surface area contributed by atoms with E-state index < -0.39 is 10.0 Å². The monoisotopic (exact) mass is 476 g/mol. The van der Waals surface area contributed by atoms with E-state index >= 15 is 0 Å². The molecule has 0 aromatic heterocycles. The van der Waals surface area contributed by atoms with Crippen LogP contribution < -0.4 is 4.31 Å². The lowest BCUT2D eigenvalue weighted by Gasteiger charge is -2.31. The molecular formula is C27H28N2O4S. The number of rotatable bonds is 6. The molecule has 1 aliphatic heterocycles. The van der Waals surface area contributed by atoms with Gasteiger partial charge in [-0.3, -0.25) is 13.9 Å². The Hall–Kier alpha value is -3.45. The average molecular weight is 477 g/mol. The smallest absolute Gasteiger partial charge is 0.264 e. The third kappa shape index (κ3) is 4.89. The predicted molar refractivity (Wildman–Crippen MR) is 133 cm³/mol. The third-order valence-electron chi connectivity index (χ3n) is 6.37. The fourth-order valence-corrected chi connectivity index (χ4v) is 5.38. The number of anilines is 1. The summed E-state index contributed by atoms with van der Waals surface area (Å²) in [4.78, 5) is 27.7. The van der Waals surface area contributed by atoms with Crippen LogP contribution in [0.3, 0.4) is 0 Å². The van der Waals surface area contributed by atoms with Crippen LogP contribution in [0.1, 0.15) is 39.1 Å². The topological polar surface area (TPSA) is 74.8 Å². The Morgan fingerprint density at radius 1 is 0.824 bits per heavy atom. The van der Waals surface area contributed by atoms with Crippen molar-refractivity contribution in [2.24, 2.45) is 5.92 Å².